The summed E-state index contributed by atoms with van der Waals surface area (Å²) in [5.41, 5.74) is 0. The van der Waals surface area contributed by atoms with Crippen molar-refractivity contribution in [1.82, 2.24) is 9.80 Å². The van der Waals surface area contributed by atoms with Gasteiger partial charge in [0.05, 0.1) is 0 Å². The predicted octanol–water partition coefficient (Wildman–Crippen LogP) is -0.232. The maximum absolute atomic E-state index is 6.04. The van der Waals surface area contributed by atoms with Gasteiger partial charge in [-0.05, 0) is 0 Å². The van der Waals surface area contributed by atoms with E-state index in [1.54, 1.807) is 0 Å². The summed E-state index contributed by atoms with van der Waals surface area (Å²) in [6.45, 7) is 7.57. The molecule has 1 atom stereocenters. The van der Waals surface area contributed by atoms with Gasteiger partial charge in [-0.3, -0.25) is 0 Å². The first kappa shape index (κ1) is 15.0. The molecule has 6 nitrogen and oxygen atoms in total. The van der Waals surface area contributed by atoms with Gasteiger partial charge in [0.2, 0.25) is 0 Å². The van der Waals surface area contributed by atoms with Crippen LogP contribution < -0.4 is 0 Å². The van der Waals surface area contributed by atoms with Crippen LogP contribution in [0.4, 0.5) is 0 Å². The Morgan fingerprint density at radius 2 is 1.39 bits per heavy atom. The molecule has 0 aliphatic carbocycles. The van der Waals surface area contributed by atoms with Crippen molar-refractivity contribution in [3.8, 4) is 0 Å². The van der Waals surface area contributed by atoms with Gasteiger partial charge in [0, 0.05) is 0 Å². The van der Waals surface area contributed by atoms with Crippen molar-refractivity contribution < 1.29 is 12.3 Å². The molecule has 0 saturated carbocycles. The Morgan fingerprint density at radius 1 is 0.889 bits per heavy atom. The summed E-state index contributed by atoms with van der Waals surface area (Å²) in [4.78, 5) is 4.40. The first-order valence-electron chi connectivity index (χ1n) is 6.56. The van der Waals surface area contributed by atoms with Crippen molar-refractivity contribution in [2.75, 3.05) is 60.1 Å². The zero-order valence-electron chi connectivity index (χ0n) is 11.6. The van der Waals surface area contributed by atoms with E-state index in [1.807, 2.05) is 0 Å². The van der Waals surface area contributed by atoms with Gasteiger partial charge in [-0.25, -0.2) is 0 Å². The van der Waals surface area contributed by atoms with Crippen LogP contribution in [0.2, 0.25) is 0 Å². The van der Waals surface area contributed by atoms with Crippen LogP contribution >= 0.6 is 0 Å². The van der Waals surface area contributed by atoms with Crippen molar-refractivity contribution in [2.45, 2.75) is 13.0 Å². The van der Waals surface area contributed by atoms with Crippen LogP contribution in [-0.2, 0) is 12.3 Å². The van der Waals surface area contributed by atoms with Gasteiger partial charge < -0.3 is 0 Å². The first-order chi connectivity index (χ1) is 8.60. The molecule has 0 N–H and O–H groups in total. The third kappa shape index (κ3) is 4.29. The predicted molar refractivity (Wildman–Crippen MR) is 69.2 cm³/mol. The minimum absolute atomic E-state index is 0.100. The Hall–Kier alpha value is 0.559. The first-order valence-corrected chi connectivity index (χ1v) is 11.2. The summed E-state index contributed by atoms with van der Waals surface area (Å²) in [7, 11) is 4.14. The van der Waals surface area contributed by atoms with Crippen LogP contribution in [-0.4, -0.2) is 96.0 Å². The number of rotatable bonds is 0. The fraction of sp³-hybridized carbons (Fsp3) is 1.00. The van der Waals surface area contributed by atoms with Crippen LogP contribution in [0.15, 0.2) is 0 Å². The third-order valence-electron chi connectivity index (χ3n) is 3.17. The van der Waals surface area contributed by atoms with Crippen molar-refractivity contribution in [3.63, 3.8) is 0 Å². The standard InChI is InChI=1S/C6H13NO2.C5H11NO2.Sn/c1-6(9)5-7(2)3-4-8;1-6(2-4-7)3-5-8;/h6H,3-5H2,1-2H3;2-5H2,1H3;/q2*-2;+4. The summed E-state index contributed by atoms with van der Waals surface area (Å²) in [5, 5.41) is 0. The quantitative estimate of drug-likeness (QED) is 0.552. The molecule has 18 heavy (non-hydrogen) atoms. The summed E-state index contributed by atoms with van der Waals surface area (Å²) in [5.74, 6) is 0. The van der Waals surface area contributed by atoms with Gasteiger partial charge in [0.15, 0.2) is 0 Å². The number of nitrogens with zero attached hydrogens (tertiary/aromatic N) is 2. The van der Waals surface area contributed by atoms with E-state index >= 15 is 0 Å². The number of hydrogen-bond donors (Lipinski definition) is 0. The van der Waals surface area contributed by atoms with Crippen LogP contribution in [0.5, 0.6) is 0 Å². The second-order valence-electron chi connectivity index (χ2n) is 5.04. The van der Waals surface area contributed by atoms with Gasteiger partial charge >= 0.3 is 115 Å². The molecule has 2 aliphatic heterocycles. The molecular formula is C11H24N2O4Sn. The Bertz CT molecular complexity index is 251. The fourth-order valence-electron chi connectivity index (χ4n) is 2.13. The Labute approximate surface area is 115 Å². The van der Waals surface area contributed by atoms with E-state index in [4.69, 9.17) is 12.3 Å². The van der Waals surface area contributed by atoms with Crippen molar-refractivity contribution >= 4 is 20.0 Å². The Morgan fingerprint density at radius 3 is 1.94 bits per heavy atom. The fourth-order valence-corrected chi connectivity index (χ4v) is 7.97. The van der Waals surface area contributed by atoms with E-state index in [0.717, 1.165) is 26.2 Å². The van der Waals surface area contributed by atoms with E-state index in [-0.39, 0.29) is 6.10 Å². The molecule has 2 saturated heterocycles. The molecule has 0 aromatic rings. The van der Waals surface area contributed by atoms with E-state index in [2.05, 4.69) is 30.8 Å². The molecule has 1 unspecified atom stereocenters. The van der Waals surface area contributed by atoms with Crippen molar-refractivity contribution in [2.24, 2.45) is 0 Å². The molecule has 2 fully saturated rings. The Kier molecular flexibility index (Phi) is 5.67. The average molecular weight is 367 g/mol. The topological polar surface area (TPSA) is 43.4 Å². The maximum atomic E-state index is 6.04. The van der Waals surface area contributed by atoms with Crippen LogP contribution in [0.25, 0.3) is 0 Å². The van der Waals surface area contributed by atoms with Gasteiger partial charge in [0.25, 0.3) is 0 Å². The molecular weight excluding hydrogens is 343 g/mol. The number of hydrogen-bond acceptors (Lipinski definition) is 6. The molecule has 0 bridgehead atoms. The van der Waals surface area contributed by atoms with E-state index in [9.17, 15) is 0 Å². The molecule has 106 valence electrons. The van der Waals surface area contributed by atoms with Crippen molar-refractivity contribution in [3.05, 3.63) is 0 Å². The van der Waals surface area contributed by atoms with Crippen molar-refractivity contribution in [1.29, 1.82) is 0 Å². The zero-order valence-corrected chi connectivity index (χ0v) is 14.4. The number of likely N-dealkylation sites (N-methyl/N-ethyl adjacent to an activating group) is 2. The summed E-state index contributed by atoms with van der Waals surface area (Å²) >= 11 is -3.73. The molecule has 0 aromatic heterocycles. The molecule has 7 heteroatoms. The van der Waals surface area contributed by atoms with Gasteiger partial charge in [-0.15, -0.1) is 0 Å². The zero-order chi connectivity index (χ0) is 13.0. The second kappa shape index (κ2) is 6.83. The third-order valence-corrected chi connectivity index (χ3v) is 9.92. The second-order valence-corrected chi connectivity index (χ2v) is 11.0. The van der Waals surface area contributed by atoms with Gasteiger partial charge in [-0.2, -0.15) is 0 Å². The molecule has 0 radical (unpaired) electrons. The summed E-state index contributed by atoms with van der Waals surface area (Å²) in [6, 6.07) is 0. The van der Waals surface area contributed by atoms with Crippen LogP contribution in [0.3, 0.4) is 0 Å². The average Bonchev–Trinajstić information content (AvgIpc) is 2.24. The molecule has 2 rings (SSSR count). The Balaban J connectivity index is 1.98. The molecule has 1 spiro atoms. The van der Waals surface area contributed by atoms with Crippen LogP contribution in [0, 0.1) is 0 Å². The summed E-state index contributed by atoms with van der Waals surface area (Å²) in [6.07, 6.45) is 0.100. The van der Waals surface area contributed by atoms with Gasteiger partial charge in [0.1, 0.15) is 0 Å². The monoisotopic (exact) mass is 368 g/mol. The van der Waals surface area contributed by atoms with E-state index < -0.39 is 20.0 Å². The molecule has 0 amide bonds. The molecule has 0 aromatic carbocycles. The van der Waals surface area contributed by atoms with Crippen LogP contribution in [0.1, 0.15) is 6.92 Å². The minimum atomic E-state index is -3.73. The SMILES string of the molecule is CC1CN(C)CC[O][Sn]2([O]CCN(C)CC[O]2)[O]1. The van der Waals surface area contributed by atoms with Gasteiger partial charge in [-0.1, -0.05) is 0 Å². The summed E-state index contributed by atoms with van der Waals surface area (Å²) < 4.78 is 23.8. The molecule has 2 heterocycles. The van der Waals surface area contributed by atoms with E-state index in [0.29, 0.717) is 19.8 Å². The normalized spacial score (nSPS) is 32.5. The van der Waals surface area contributed by atoms with E-state index in [1.165, 1.54) is 0 Å². The molecule has 2 aliphatic rings.